The first-order chi connectivity index (χ1) is 13.9. The van der Waals surface area contributed by atoms with Crippen LogP contribution in [0.4, 0.5) is 5.82 Å². The van der Waals surface area contributed by atoms with Crippen LogP contribution in [0.25, 0.3) is 11.0 Å². The number of aryl methyl sites for hydroxylation is 2. The molecule has 3 heterocycles. The summed E-state index contributed by atoms with van der Waals surface area (Å²) in [6, 6.07) is 13.3. The number of fused-ring (bicyclic) bond motifs is 2. The molecule has 29 heavy (non-hydrogen) atoms. The molecule has 0 bridgehead atoms. The van der Waals surface area contributed by atoms with Crippen LogP contribution in [0.5, 0.6) is 0 Å². The number of carbonyl (C=O) groups is 1. The molecule has 0 saturated carbocycles. The Balaban J connectivity index is 1.84. The van der Waals surface area contributed by atoms with E-state index in [-0.39, 0.29) is 16.8 Å². The number of amides is 1. The highest BCUT2D eigenvalue weighted by molar-refractivity contribution is 6.30. The molecule has 0 fully saturated rings. The fourth-order valence-electron chi connectivity index (χ4n) is 3.78. The first-order valence-electron chi connectivity index (χ1n) is 9.04. The van der Waals surface area contributed by atoms with Crippen molar-refractivity contribution in [3.05, 3.63) is 92.0 Å². The number of aromatic nitrogens is 1. The lowest BCUT2D eigenvalue weighted by Gasteiger charge is -2.22. The Kier molecular flexibility index (Phi) is 3.86. The van der Waals surface area contributed by atoms with E-state index in [1.54, 1.807) is 43.3 Å². The largest absolute Gasteiger partial charge is 0.450 e. The Morgan fingerprint density at radius 1 is 1.07 bits per heavy atom. The van der Waals surface area contributed by atoms with Crippen LogP contribution in [-0.2, 0) is 0 Å². The fourth-order valence-corrected chi connectivity index (χ4v) is 3.98. The summed E-state index contributed by atoms with van der Waals surface area (Å²) in [6.07, 6.45) is 0. The van der Waals surface area contributed by atoms with Gasteiger partial charge in [0.15, 0.2) is 11.2 Å². The van der Waals surface area contributed by atoms with Crippen LogP contribution in [0, 0.1) is 13.8 Å². The van der Waals surface area contributed by atoms with Crippen molar-refractivity contribution in [3.63, 3.8) is 0 Å². The normalized spacial score (nSPS) is 15.9. The zero-order valence-corrected chi connectivity index (χ0v) is 16.4. The molecule has 1 aliphatic rings. The second-order valence-electron chi connectivity index (χ2n) is 7.10. The van der Waals surface area contributed by atoms with Gasteiger partial charge in [-0.15, -0.1) is 0 Å². The van der Waals surface area contributed by atoms with Gasteiger partial charge in [0.25, 0.3) is 5.91 Å². The van der Waals surface area contributed by atoms with Gasteiger partial charge in [-0.1, -0.05) is 40.5 Å². The van der Waals surface area contributed by atoms with Crippen LogP contribution in [-0.4, -0.2) is 11.1 Å². The van der Waals surface area contributed by atoms with E-state index >= 15 is 0 Å². The molecule has 1 amide bonds. The van der Waals surface area contributed by atoms with E-state index in [4.69, 9.17) is 20.5 Å². The first kappa shape index (κ1) is 17.7. The summed E-state index contributed by atoms with van der Waals surface area (Å²) in [5, 5.41) is 4.93. The average molecular weight is 407 g/mol. The van der Waals surface area contributed by atoms with Crippen molar-refractivity contribution in [1.82, 2.24) is 5.16 Å². The molecule has 0 spiro atoms. The lowest BCUT2D eigenvalue weighted by atomic mass is 9.98. The standard InChI is InChI=1S/C22H15ClN2O4/c1-11-6-7-16-15(8-11)20(26)18-19(13-4-3-5-14(23)10-13)25(22(27)21(18)28-16)17-9-12(2)29-24-17/h3-10,19H,1-2H3/t19-/m1/s1. The third-order valence-electron chi connectivity index (χ3n) is 5.05. The second-order valence-corrected chi connectivity index (χ2v) is 7.54. The molecule has 6 nitrogen and oxygen atoms in total. The van der Waals surface area contributed by atoms with E-state index in [2.05, 4.69) is 5.16 Å². The van der Waals surface area contributed by atoms with E-state index in [0.717, 1.165) is 5.56 Å². The minimum atomic E-state index is -0.720. The zero-order chi connectivity index (χ0) is 20.3. The maximum Gasteiger partial charge on any atom is 0.296 e. The molecule has 2 aromatic carbocycles. The predicted molar refractivity (Wildman–Crippen MR) is 109 cm³/mol. The number of rotatable bonds is 2. The fraction of sp³-hybridized carbons (Fsp3) is 0.136. The lowest BCUT2D eigenvalue weighted by molar-refractivity contribution is 0.0969. The highest BCUT2D eigenvalue weighted by Crippen LogP contribution is 2.41. The molecule has 7 heteroatoms. The molecule has 5 rings (SSSR count). The molecule has 1 aliphatic heterocycles. The maximum absolute atomic E-state index is 13.5. The van der Waals surface area contributed by atoms with Gasteiger partial charge in [-0.25, -0.2) is 0 Å². The third-order valence-corrected chi connectivity index (χ3v) is 5.29. The van der Waals surface area contributed by atoms with Gasteiger partial charge in [0, 0.05) is 11.1 Å². The maximum atomic E-state index is 13.5. The Morgan fingerprint density at radius 2 is 1.90 bits per heavy atom. The van der Waals surface area contributed by atoms with Crippen molar-refractivity contribution in [2.24, 2.45) is 0 Å². The summed E-state index contributed by atoms with van der Waals surface area (Å²) in [5.41, 5.74) is 2.01. The Hall–Kier alpha value is -3.38. The monoisotopic (exact) mass is 406 g/mol. The van der Waals surface area contributed by atoms with Crippen molar-refractivity contribution in [3.8, 4) is 0 Å². The summed E-state index contributed by atoms with van der Waals surface area (Å²) >= 11 is 6.20. The van der Waals surface area contributed by atoms with Crippen LogP contribution in [0.1, 0.15) is 39.0 Å². The van der Waals surface area contributed by atoms with Gasteiger partial charge < -0.3 is 8.94 Å². The van der Waals surface area contributed by atoms with E-state index in [1.165, 1.54) is 4.90 Å². The quantitative estimate of drug-likeness (QED) is 0.478. The molecule has 0 radical (unpaired) electrons. The lowest BCUT2D eigenvalue weighted by Crippen LogP contribution is -2.29. The van der Waals surface area contributed by atoms with E-state index in [0.29, 0.717) is 33.1 Å². The number of anilines is 1. The Bertz CT molecular complexity index is 1350. The number of carbonyl (C=O) groups excluding carboxylic acids is 1. The van der Waals surface area contributed by atoms with Crippen LogP contribution in [0.3, 0.4) is 0 Å². The zero-order valence-electron chi connectivity index (χ0n) is 15.6. The molecule has 0 unspecified atom stereocenters. The molecule has 144 valence electrons. The van der Waals surface area contributed by atoms with Crippen molar-refractivity contribution >= 4 is 34.3 Å². The van der Waals surface area contributed by atoms with Crippen molar-refractivity contribution in [2.45, 2.75) is 19.9 Å². The van der Waals surface area contributed by atoms with Crippen molar-refractivity contribution in [1.29, 1.82) is 0 Å². The minimum absolute atomic E-state index is 0.0111. The highest BCUT2D eigenvalue weighted by atomic mass is 35.5. The van der Waals surface area contributed by atoms with Gasteiger partial charge in [0.1, 0.15) is 11.3 Å². The smallest absolute Gasteiger partial charge is 0.296 e. The SMILES string of the molecule is Cc1ccc2oc3c(c(=O)c2c1)[C@@H](c1cccc(Cl)c1)N(c1cc(C)on1)C3=O. The van der Waals surface area contributed by atoms with Crippen LogP contribution >= 0.6 is 11.6 Å². The van der Waals surface area contributed by atoms with Crippen LogP contribution < -0.4 is 10.3 Å². The molecule has 0 aliphatic carbocycles. The average Bonchev–Trinajstić information content (AvgIpc) is 3.24. The highest BCUT2D eigenvalue weighted by Gasteiger charge is 2.44. The number of nitrogens with zero attached hydrogens (tertiary/aromatic N) is 2. The van der Waals surface area contributed by atoms with Crippen LogP contribution in [0.15, 0.2) is 62.3 Å². The summed E-state index contributed by atoms with van der Waals surface area (Å²) in [4.78, 5) is 28.2. The number of hydrogen-bond acceptors (Lipinski definition) is 5. The van der Waals surface area contributed by atoms with E-state index < -0.39 is 11.9 Å². The Labute approximate surface area is 170 Å². The minimum Gasteiger partial charge on any atom is -0.450 e. The van der Waals surface area contributed by atoms with Gasteiger partial charge in [-0.2, -0.15) is 0 Å². The van der Waals surface area contributed by atoms with Crippen LogP contribution in [0.2, 0.25) is 5.02 Å². The summed E-state index contributed by atoms with van der Waals surface area (Å²) in [6.45, 7) is 3.63. The second kappa shape index (κ2) is 6.32. The number of hydrogen-bond donors (Lipinski definition) is 0. The molecule has 1 atom stereocenters. The first-order valence-corrected chi connectivity index (χ1v) is 9.41. The molecular weight excluding hydrogens is 392 g/mol. The topological polar surface area (TPSA) is 76.6 Å². The van der Waals surface area contributed by atoms with E-state index in [9.17, 15) is 9.59 Å². The van der Waals surface area contributed by atoms with Gasteiger partial charge in [-0.05, 0) is 43.7 Å². The van der Waals surface area contributed by atoms with Crippen molar-refractivity contribution in [2.75, 3.05) is 4.90 Å². The van der Waals surface area contributed by atoms with Gasteiger partial charge in [0.05, 0.1) is 17.0 Å². The number of halogens is 1. The summed E-state index contributed by atoms with van der Waals surface area (Å²) in [7, 11) is 0. The summed E-state index contributed by atoms with van der Waals surface area (Å²) < 4.78 is 11.1. The van der Waals surface area contributed by atoms with E-state index in [1.807, 2.05) is 19.1 Å². The Morgan fingerprint density at radius 3 is 2.62 bits per heavy atom. The third kappa shape index (κ3) is 2.68. The molecule has 0 saturated heterocycles. The molecule has 0 N–H and O–H groups in total. The van der Waals surface area contributed by atoms with Gasteiger partial charge in [-0.3, -0.25) is 14.5 Å². The van der Waals surface area contributed by atoms with Gasteiger partial charge in [0.2, 0.25) is 5.76 Å². The summed E-state index contributed by atoms with van der Waals surface area (Å²) in [5.74, 6) is 0.423. The number of benzene rings is 2. The molecule has 4 aromatic rings. The molecule has 2 aromatic heterocycles. The van der Waals surface area contributed by atoms with Crippen molar-refractivity contribution < 1.29 is 13.7 Å². The molecular formula is C22H15ClN2O4. The predicted octanol–water partition coefficient (Wildman–Crippen LogP) is 4.80. The van der Waals surface area contributed by atoms with Gasteiger partial charge >= 0.3 is 0 Å².